The highest BCUT2D eigenvalue weighted by molar-refractivity contribution is 5.77. The Morgan fingerprint density at radius 3 is 2.82 bits per heavy atom. The van der Waals surface area contributed by atoms with Crippen molar-refractivity contribution in [2.75, 3.05) is 19.6 Å². The van der Waals surface area contributed by atoms with Crippen LogP contribution >= 0.6 is 0 Å². The second kappa shape index (κ2) is 8.08. The van der Waals surface area contributed by atoms with Crippen molar-refractivity contribution in [1.82, 2.24) is 15.5 Å². The van der Waals surface area contributed by atoms with Gasteiger partial charge in [-0.25, -0.2) is 4.79 Å². The number of amides is 3. The second-order valence-corrected chi connectivity index (χ2v) is 5.17. The lowest BCUT2D eigenvalue weighted by molar-refractivity contribution is -0.129. The summed E-state index contributed by atoms with van der Waals surface area (Å²) in [6.07, 6.45) is 1.31. The monoisotopic (exact) mass is 299 g/mol. The van der Waals surface area contributed by atoms with Crippen LogP contribution in [0.3, 0.4) is 0 Å². The van der Waals surface area contributed by atoms with Crippen LogP contribution in [0.25, 0.3) is 0 Å². The lowest BCUT2D eigenvalue weighted by Gasteiger charge is -2.16. The number of hydrogen-bond acceptors (Lipinski definition) is 2. The largest absolute Gasteiger partial charge is 0.341 e. The molecule has 1 aromatic rings. The van der Waals surface area contributed by atoms with E-state index in [0.29, 0.717) is 26.1 Å². The van der Waals surface area contributed by atoms with Crippen LogP contribution in [0.5, 0.6) is 0 Å². The zero-order valence-corrected chi connectivity index (χ0v) is 12.8. The predicted molar refractivity (Wildman–Crippen MR) is 85.1 cm³/mol. The highest BCUT2D eigenvalue weighted by Crippen LogP contribution is 2.10. The number of hydrogen-bond donors (Lipinski definition) is 2. The quantitative estimate of drug-likeness (QED) is 0.828. The summed E-state index contributed by atoms with van der Waals surface area (Å²) in [6, 6.07) is 9.41. The zero-order valence-electron chi connectivity index (χ0n) is 12.8. The third kappa shape index (κ3) is 4.81. The third-order valence-electron chi connectivity index (χ3n) is 3.52. The Bertz CT molecular complexity index is 575. The number of carbonyl (C=O) groups excluding carboxylic acids is 2. The van der Waals surface area contributed by atoms with Gasteiger partial charge in [-0.2, -0.15) is 0 Å². The van der Waals surface area contributed by atoms with E-state index in [2.05, 4.69) is 22.5 Å². The molecule has 5 heteroatoms. The van der Waals surface area contributed by atoms with Crippen LogP contribution in [-0.4, -0.2) is 42.5 Å². The molecule has 1 heterocycles. The molecule has 0 unspecified atom stereocenters. The molecule has 1 aliphatic rings. The van der Waals surface area contributed by atoms with Crippen molar-refractivity contribution in [2.24, 2.45) is 0 Å². The Morgan fingerprint density at radius 1 is 1.32 bits per heavy atom. The van der Waals surface area contributed by atoms with Gasteiger partial charge in [0.1, 0.15) is 0 Å². The summed E-state index contributed by atoms with van der Waals surface area (Å²) < 4.78 is 0. The molecule has 2 N–H and O–H groups in total. The lowest BCUT2D eigenvalue weighted by Crippen LogP contribution is -2.43. The standard InChI is InChI=1S/C17H21N3O2/c1-2-16(21)20-12-10-15(13-20)19-17(22)18-11-6-9-14-7-4-3-5-8-14/h3-5,7-8,15H,2,10-13H2,1H3,(H2,18,19,22)/t15-/m1/s1. The maximum Gasteiger partial charge on any atom is 0.315 e. The molecule has 0 aliphatic carbocycles. The van der Waals surface area contributed by atoms with E-state index >= 15 is 0 Å². The summed E-state index contributed by atoms with van der Waals surface area (Å²) >= 11 is 0. The molecule has 0 spiro atoms. The number of likely N-dealkylation sites (tertiary alicyclic amines) is 1. The van der Waals surface area contributed by atoms with Crippen LogP contribution in [0.4, 0.5) is 4.79 Å². The van der Waals surface area contributed by atoms with Gasteiger partial charge in [-0.1, -0.05) is 37.0 Å². The van der Waals surface area contributed by atoms with E-state index in [-0.39, 0.29) is 18.0 Å². The average molecular weight is 299 g/mol. The zero-order chi connectivity index (χ0) is 15.8. The molecule has 22 heavy (non-hydrogen) atoms. The van der Waals surface area contributed by atoms with E-state index in [0.717, 1.165) is 12.0 Å². The molecule has 1 aliphatic heterocycles. The van der Waals surface area contributed by atoms with Gasteiger partial charge >= 0.3 is 6.03 Å². The maximum atomic E-state index is 11.8. The van der Waals surface area contributed by atoms with Gasteiger partial charge in [0, 0.05) is 31.1 Å². The summed E-state index contributed by atoms with van der Waals surface area (Å²) in [4.78, 5) is 25.1. The maximum absolute atomic E-state index is 11.8. The van der Waals surface area contributed by atoms with E-state index < -0.39 is 0 Å². The Morgan fingerprint density at radius 2 is 2.09 bits per heavy atom. The molecule has 1 aromatic carbocycles. The topological polar surface area (TPSA) is 61.4 Å². The van der Waals surface area contributed by atoms with Gasteiger partial charge < -0.3 is 15.5 Å². The SMILES string of the molecule is CCC(=O)N1CC[C@@H](NC(=O)NCC#Cc2ccccc2)C1. The normalized spacial score (nSPS) is 16.6. The minimum atomic E-state index is -0.238. The summed E-state index contributed by atoms with van der Waals surface area (Å²) in [5.41, 5.74) is 0.925. The highest BCUT2D eigenvalue weighted by Gasteiger charge is 2.26. The van der Waals surface area contributed by atoms with Crippen LogP contribution in [-0.2, 0) is 4.79 Å². The first kappa shape index (κ1) is 15.9. The van der Waals surface area contributed by atoms with Gasteiger partial charge in [0.25, 0.3) is 0 Å². The lowest BCUT2D eigenvalue weighted by atomic mass is 10.2. The Hall–Kier alpha value is -2.48. The fraction of sp³-hybridized carbons (Fsp3) is 0.412. The smallest absolute Gasteiger partial charge is 0.315 e. The molecule has 1 saturated heterocycles. The molecule has 0 bridgehead atoms. The van der Waals surface area contributed by atoms with Crippen molar-refractivity contribution < 1.29 is 9.59 Å². The van der Waals surface area contributed by atoms with Crippen molar-refractivity contribution >= 4 is 11.9 Å². The number of rotatable bonds is 3. The predicted octanol–water partition coefficient (Wildman–Crippen LogP) is 1.35. The number of benzene rings is 1. The Balaban J connectivity index is 1.69. The second-order valence-electron chi connectivity index (χ2n) is 5.17. The van der Waals surface area contributed by atoms with Crippen LogP contribution in [0.15, 0.2) is 30.3 Å². The summed E-state index contributed by atoms with van der Waals surface area (Å²) in [5, 5.41) is 5.59. The summed E-state index contributed by atoms with van der Waals surface area (Å²) in [6.45, 7) is 3.45. The van der Waals surface area contributed by atoms with Crippen molar-refractivity contribution in [2.45, 2.75) is 25.8 Å². The first-order valence-corrected chi connectivity index (χ1v) is 7.55. The van der Waals surface area contributed by atoms with Crippen LogP contribution in [0, 0.1) is 11.8 Å². The molecule has 1 fully saturated rings. The molecule has 3 amide bonds. The van der Waals surface area contributed by atoms with Crippen LogP contribution < -0.4 is 10.6 Å². The van der Waals surface area contributed by atoms with Crippen molar-refractivity contribution in [1.29, 1.82) is 0 Å². The van der Waals surface area contributed by atoms with Gasteiger partial charge in [0.15, 0.2) is 0 Å². The Labute approximate surface area is 131 Å². The van der Waals surface area contributed by atoms with Gasteiger partial charge in [-0.15, -0.1) is 0 Å². The summed E-state index contributed by atoms with van der Waals surface area (Å²) in [5.74, 6) is 6.02. The van der Waals surface area contributed by atoms with E-state index in [4.69, 9.17) is 0 Å². The van der Waals surface area contributed by atoms with Gasteiger partial charge in [-0.05, 0) is 18.6 Å². The first-order chi connectivity index (χ1) is 10.7. The first-order valence-electron chi connectivity index (χ1n) is 7.55. The number of nitrogens with zero attached hydrogens (tertiary/aromatic N) is 1. The van der Waals surface area contributed by atoms with E-state index in [9.17, 15) is 9.59 Å². The van der Waals surface area contributed by atoms with E-state index in [1.54, 1.807) is 4.90 Å². The fourth-order valence-electron chi connectivity index (χ4n) is 2.36. The fourth-order valence-corrected chi connectivity index (χ4v) is 2.36. The third-order valence-corrected chi connectivity index (χ3v) is 3.52. The molecule has 0 aromatic heterocycles. The Kier molecular flexibility index (Phi) is 5.84. The van der Waals surface area contributed by atoms with E-state index in [1.165, 1.54) is 0 Å². The highest BCUT2D eigenvalue weighted by atomic mass is 16.2. The minimum absolute atomic E-state index is 0.0255. The van der Waals surface area contributed by atoms with Crippen molar-refractivity contribution in [3.63, 3.8) is 0 Å². The van der Waals surface area contributed by atoms with Crippen molar-refractivity contribution in [3.05, 3.63) is 35.9 Å². The van der Waals surface area contributed by atoms with Crippen LogP contribution in [0.1, 0.15) is 25.3 Å². The molecular formula is C17H21N3O2. The molecule has 0 saturated carbocycles. The number of carbonyl (C=O) groups is 2. The van der Waals surface area contributed by atoms with Gasteiger partial charge in [-0.3, -0.25) is 4.79 Å². The molecule has 2 rings (SSSR count). The number of urea groups is 1. The van der Waals surface area contributed by atoms with Gasteiger partial charge in [0.05, 0.1) is 6.54 Å². The van der Waals surface area contributed by atoms with E-state index in [1.807, 2.05) is 37.3 Å². The molecule has 116 valence electrons. The molecule has 1 atom stereocenters. The molecule has 5 nitrogen and oxygen atoms in total. The number of nitrogens with one attached hydrogen (secondary N) is 2. The summed E-state index contributed by atoms with van der Waals surface area (Å²) in [7, 11) is 0. The average Bonchev–Trinajstić information content (AvgIpc) is 3.00. The van der Waals surface area contributed by atoms with Gasteiger partial charge in [0.2, 0.25) is 5.91 Å². The minimum Gasteiger partial charge on any atom is -0.341 e. The van der Waals surface area contributed by atoms with Crippen molar-refractivity contribution in [3.8, 4) is 11.8 Å². The molecular weight excluding hydrogens is 278 g/mol. The molecule has 0 radical (unpaired) electrons. The van der Waals surface area contributed by atoms with Crippen LogP contribution in [0.2, 0.25) is 0 Å².